The van der Waals surface area contributed by atoms with Crippen molar-refractivity contribution in [1.29, 1.82) is 0 Å². The second-order valence-electron chi connectivity index (χ2n) is 6.32. The number of carbonyl (C=O) groups is 2. The van der Waals surface area contributed by atoms with Gasteiger partial charge in [0, 0.05) is 18.7 Å². The Morgan fingerprint density at radius 3 is 2.62 bits per heavy atom. The van der Waals surface area contributed by atoms with E-state index < -0.39 is 5.97 Å². The number of rotatable bonds is 8. The zero-order valence-electron chi connectivity index (χ0n) is 16.3. The Balaban J connectivity index is 1.79. The van der Waals surface area contributed by atoms with Gasteiger partial charge in [0.05, 0.1) is 18.0 Å². The van der Waals surface area contributed by atoms with Crippen molar-refractivity contribution in [3.05, 3.63) is 59.6 Å². The number of hydrogen-bond donors (Lipinski definition) is 2. The standard InChI is InChI=1S/C21H22N4O4/c1-3-11-22-20(26)19-17(13-25(4-2)24-19)23-12-16-9-10-18(29-16)14-5-7-15(8-6-14)21(27)28/h5-10,12-13H,3-4,11H2,1-2H3,(H,22,26)(H,27,28). The lowest BCUT2D eigenvalue weighted by Gasteiger charge is -2.00. The molecule has 2 N–H and O–H groups in total. The van der Waals surface area contributed by atoms with Crippen LogP contribution in [0, 0.1) is 0 Å². The first-order chi connectivity index (χ1) is 14.0. The van der Waals surface area contributed by atoms with Crippen LogP contribution in [0.25, 0.3) is 11.3 Å². The third-order valence-corrected chi connectivity index (χ3v) is 4.19. The highest BCUT2D eigenvalue weighted by atomic mass is 16.4. The van der Waals surface area contributed by atoms with E-state index in [1.807, 2.05) is 13.8 Å². The van der Waals surface area contributed by atoms with Gasteiger partial charge in [0.25, 0.3) is 5.91 Å². The molecule has 0 aliphatic heterocycles. The molecule has 0 spiro atoms. The number of aryl methyl sites for hydroxylation is 1. The van der Waals surface area contributed by atoms with Crippen LogP contribution < -0.4 is 5.32 Å². The van der Waals surface area contributed by atoms with Crippen LogP contribution in [0.5, 0.6) is 0 Å². The van der Waals surface area contributed by atoms with Gasteiger partial charge < -0.3 is 14.8 Å². The Morgan fingerprint density at radius 1 is 1.21 bits per heavy atom. The van der Waals surface area contributed by atoms with Crippen molar-refractivity contribution in [2.75, 3.05) is 6.54 Å². The van der Waals surface area contributed by atoms with Crippen molar-refractivity contribution in [1.82, 2.24) is 15.1 Å². The Morgan fingerprint density at radius 2 is 1.97 bits per heavy atom. The molecule has 2 heterocycles. The normalized spacial score (nSPS) is 11.1. The summed E-state index contributed by atoms with van der Waals surface area (Å²) >= 11 is 0. The Bertz CT molecular complexity index is 1030. The van der Waals surface area contributed by atoms with Crippen molar-refractivity contribution >= 4 is 23.8 Å². The molecular formula is C21H22N4O4. The molecule has 0 saturated carbocycles. The van der Waals surface area contributed by atoms with Crippen molar-refractivity contribution in [2.24, 2.45) is 4.99 Å². The first-order valence-electron chi connectivity index (χ1n) is 9.35. The lowest BCUT2D eigenvalue weighted by molar-refractivity contribution is 0.0696. The summed E-state index contributed by atoms with van der Waals surface area (Å²) in [6.07, 6.45) is 4.08. The Labute approximate surface area is 167 Å². The second kappa shape index (κ2) is 9.01. The second-order valence-corrected chi connectivity index (χ2v) is 6.32. The van der Waals surface area contributed by atoms with Crippen LogP contribution in [0.3, 0.4) is 0 Å². The van der Waals surface area contributed by atoms with Gasteiger partial charge in [-0.15, -0.1) is 0 Å². The van der Waals surface area contributed by atoms with Gasteiger partial charge in [-0.3, -0.25) is 9.48 Å². The monoisotopic (exact) mass is 394 g/mol. The number of amides is 1. The molecule has 2 aromatic heterocycles. The summed E-state index contributed by atoms with van der Waals surface area (Å²) in [4.78, 5) is 27.6. The maximum atomic E-state index is 12.3. The number of aromatic carboxylic acids is 1. The first-order valence-corrected chi connectivity index (χ1v) is 9.35. The van der Waals surface area contributed by atoms with Crippen LogP contribution >= 0.6 is 0 Å². The molecule has 3 aromatic rings. The van der Waals surface area contributed by atoms with E-state index >= 15 is 0 Å². The molecule has 8 heteroatoms. The van der Waals surface area contributed by atoms with E-state index in [9.17, 15) is 9.59 Å². The number of benzene rings is 1. The number of aliphatic imine (C=N–C) groups is 1. The number of carboxylic acid groups (broad SMARTS) is 1. The van der Waals surface area contributed by atoms with E-state index in [0.29, 0.717) is 30.3 Å². The molecule has 1 amide bonds. The van der Waals surface area contributed by atoms with Crippen molar-refractivity contribution in [2.45, 2.75) is 26.8 Å². The van der Waals surface area contributed by atoms with Crippen molar-refractivity contribution in [3.8, 4) is 11.3 Å². The number of nitrogens with one attached hydrogen (secondary N) is 1. The molecular weight excluding hydrogens is 372 g/mol. The minimum absolute atomic E-state index is 0.212. The van der Waals surface area contributed by atoms with Crippen LogP contribution in [0.15, 0.2) is 52.0 Å². The van der Waals surface area contributed by atoms with Gasteiger partial charge in [-0.05, 0) is 37.6 Å². The molecule has 0 fully saturated rings. The summed E-state index contributed by atoms with van der Waals surface area (Å²) in [7, 11) is 0. The fraction of sp³-hybridized carbons (Fsp3) is 0.238. The third-order valence-electron chi connectivity index (χ3n) is 4.19. The maximum Gasteiger partial charge on any atom is 0.335 e. The fourth-order valence-corrected chi connectivity index (χ4v) is 2.64. The van der Waals surface area contributed by atoms with Crippen LogP contribution in [0.1, 0.15) is 46.9 Å². The van der Waals surface area contributed by atoms with E-state index in [1.165, 1.54) is 18.3 Å². The van der Waals surface area contributed by atoms with Gasteiger partial charge in [0.1, 0.15) is 17.2 Å². The first kappa shape index (κ1) is 20.1. The predicted octanol–water partition coefficient (Wildman–Crippen LogP) is 3.75. The quantitative estimate of drug-likeness (QED) is 0.566. The summed E-state index contributed by atoms with van der Waals surface area (Å²) in [5.41, 5.74) is 1.70. The summed E-state index contributed by atoms with van der Waals surface area (Å²) in [5.74, 6) is -0.139. The highest BCUT2D eigenvalue weighted by Crippen LogP contribution is 2.23. The minimum atomic E-state index is -0.977. The summed E-state index contributed by atoms with van der Waals surface area (Å²) in [5, 5.41) is 16.1. The molecule has 0 bridgehead atoms. The van der Waals surface area contributed by atoms with E-state index in [0.717, 1.165) is 12.0 Å². The molecule has 29 heavy (non-hydrogen) atoms. The molecule has 150 valence electrons. The van der Waals surface area contributed by atoms with Crippen LogP contribution in [-0.4, -0.2) is 39.5 Å². The number of nitrogens with zero attached hydrogens (tertiary/aromatic N) is 3. The molecule has 0 unspecified atom stereocenters. The van der Waals surface area contributed by atoms with Crippen LogP contribution in [0.4, 0.5) is 5.69 Å². The van der Waals surface area contributed by atoms with Gasteiger partial charge in [-0.1, -0.05) is 19.1 Å². The lowest BCUT2D eigenvalue weighted by Crippen LogP contribution is -2.24. The van der Waals surface area contributed by atoms with Gasteiger partial charge in [0.15, 0.2) is 5.69 Å². The number of aromatic nitrogens is 2. The van der Waals surface area contributed by atoms with Gasteiger partial charge >= 0.3 is 5.97 Å². The average molecular weight is 394 g/mol. The molecule has 0 radical (unpaired) electrons. The topological polar surface area (TPSA) is 110 Å². The highest BCUT2D eigenvalue weighted by molar-refractivity contribution is 5.98. The third kappa shape index (κ3) is 4.78. The zero-order chi connectivity index (χ0) is 20.8. The Hall–Kier alpha value is -3.68. The smallest absolute Gasteiger partial charge is 0.335 e. The van der Waals surface area contributed by atoms with E-state index in [1.54, 1.807) is 35.1 Å². The number of furan rings is 1. The molecule has 3 rings (SSSR count). The highest BCUT2D eigenvalue weighted by Gasteiger charge is 2.15. The summed E-state index contributed by atoms with van der Waals surface area (Å²) in [6.45, 7) is 5.11. The SMILES string of the molecule is CCCNC(=O)c1nn(CC)cc1N=Cc1ccc(-c2ccc(C(=O)O)cc2)o1. The van der Waals surface area contributed by atoms with Crippen molar-refractivity contribution < 1.29 is 19.1 Å². The van der Waals surface area contributed by atoms with E-state index in [4.69, 9.17) is 9.52 Å². The summed E-state index contributed by atoms with van der Waals surface area (Å²) in [6, 6.07) is 9.95. The van der Waals surface area contributed by atoms with Gasteiger partial charge in [0.2, 0.25) is 0 Å². The molecule has 0 atom stereocenters. The van der Waals surface area contributed by atoms with E-state index in [2.05, 4.69) is 15.4 Å². The molecule has 0 aliphatic carbocycles. The van der Waals surface area contributed by atoms with Crippen LogP contribution in [0.2, 0.25) is 0 Å². The molecule has 0 aliphatic rings. The lowest BCUT2D eigenvalue weighted by atomic mass is 10.1. The number of carboxylic acids is 1. The van der Waals surface area contributed by atoms with Crippen molar-refractivity contribution in [3.63, 3.8) is 0 Å². The Kier molecular flexibility index (Phi) is 6.23. The van der Waals surface area contributed by atoms with Crippen LogP contribution in [-0.2, 0) is 6.54 Å². The van der Waals surface area contributed by atoms with Gasteiger partial charge in [-0.2, -0.15) is 5.10 Å². The molecule has 1 aromatic carbocycles. The van der Waals surface area contributed by atoms with E-state index in [-0.39, 0.29) is 17.2 Å². The van der Waals surface area contributed by atoms with Gasteiger partial charge in [-0.25, -0.2) is 9.79 Å². The minimum Gasteiger partial charge on any atom is -0.478 e. The number of carbonyl (C=O) groups excluding carboxylic acids is 1. The molecule has 8 nitrogen and oxygen atoms in total. The zero-order valence-corrected chi connectivity index (χ0v) is 16.3. The average Bonchev–Trinajstić information content (AvgIpc) is 3.37. The number of hydrogen-bond acceptors (Lipinski definition) is 5. The molecule has 0 saturated heterocycles. The maximum absolute atomic E-state index is 12.3. The predicted molar refractivity (Wildman–Crippen MR) is 109 cm³/mol. The largest absolute Gasteiger partial charge is 0.478 e. The summed E-state index contributed by atoms with van der Waals surface area (Å²) < 4.78 is 7.42. The fourth-order valence-electron chi connectivity index (χ4n) is 2.64.